The van der Waals surface area contributed by atoms with Gasteiger partial charge in [0.05, 0.1) is 13.7 Å². The smallest absolute Gasteiger partial charge is 0.357 e. The summed E-state index contributed by atoms with van der Waals surface area (Å²) in [6.07, 6.45) is 0.822. The summed E-state index contributed by atoms with van der Waals surface area (Å²) in [7, 11) is 2.85. The molecule has 1 aliphatic rings. The Morgan fingerprint density at radius 3 is 2.51 bits per heavy atom. The number of rotatable bonds is 12. The van der Waals surface area contributed by atoms with Crippen LogP contribution in [-0.2, 0) is 25.5 Å². The van der Waals surface area contributed by atoms with E-state index >= 15 is 0 Å². The maximum absolute atomic E-state index is 13.5. The second-order valence-electron chi connectivity index (χ2n) is 8.58. The van der Waals surface area contributed by atoms with Crippen molar-refractivity contribution in [3.63, 3.8) is 0 Å². The molecule has 12 heteroatoms. The third-order valence-electron chi connectivity index (χ3n) is 5.96. The Morgan fingerprint density at radius 1 is 1.08 bits per heavy atom. The topological polar surface area (TPSA) is 136 Å². The van der Waals surface area contributed by atoms with Gasteiger partial charge in [-0.3, -0.25) is 9.59 Å². The van der Waals surface area contributed by atoms with Crippen LogP contribution in [-0.4, -0.2) is 67.2 Å². The molecule has 1 saturated heterocycles. The van der Waals surface area contributed by atoms with Crippen LogP contribution in [0.3, 0.4) is 0 Å². The van der Waals surface area contributed by atoms with Gasteiger partial charge >= 0.3 is 12.0 Å². The molecule has 4 rings (SSSR count). The van der Waals surface area contributed by atoms with Crippen LogP contribution in [0.15, 0.2) is 60.0 Å². The molecule has 204 valence electrons. The molecule has 2 atom stereocenters. The Balaban J connectivity index is 1.52. The fraction of sp³-hybridized carbons (Fsp3) is 0.296. The lowest BCUT2D eigenvalue weighted by molar-refractivity contribution is -0.134. The van der Waals surface area contributed by atoms with Crippen molar-refractivity contribution in [1.82, 2.24) is 15.2 Å². The number of hydrogen-bond acceptors (Lipinski definition) is 9. The second-order valence-corrected chi connectivity index (χ2v) is 9.44. The minimum absolute atomic E-state index is 0.0404. The van der Waals surface area contributed by atoms with Crippen molar-refractivity contribution in [2.75, 3.05) is 32.8 Å². The number of carbonyl (C=O) groups is 4. The number of urea groups is 1. The maximum atomic E-state index is 13.5. The Kier molecular flexibility index (Phi) is 9.23. The van der Waals surface area contributed by atoms with Crippen LogP contribution in [0.25, 0.3) is 0 Å². The van der Waals surface area contributed by atoms with Gasteiger partial charge < -0.3 is 24.8 Å². The highest BCUT2D eigenvalue weighted by Crippen LogP contribution is 2.27. The van der Waals surface area contributed by atoms with Gasteiger partial charge in [-0.15, -0.1) is 11.3 Å². The van der Waals surface area contributed by atoms with Gasteiger partial charge in [0.15, 0.2) is 10.8 Å². The SMILES string of the molecule is COCCCOc1ccc([C@H]2NC(=O)N([C@@H](Cc3ccccc3)C(=O)Nc3nc(C(=O)OC)cs3)C2=O)cc1. The molecule has 2 heterocycles. The molecule has 0 bridgehead atoms. The number of imide groups is 1. The van der Waals surface area contributed by atoms with Crippen LogP contribution in [0.2, 0.25) is 0 Å². The summed E-state index contributed by atoms with van der Waals surface area (Å²) in [5.74, 6) is -1.19. The Morgan fingerprint density at radius 2 is 1.82 bits per heavy atom. The zero-order valence-corrected chi connectivity index (χ0v) is 22.2. The molecule has 0 aliphatic carbocycles. The van der Waals surface area contributed by atoms with Crippen molar-refractivity contribution in [1.29, 1.82) is 0 Å². The molecule has 0 saturated carbocycles. The monoisotopic (exact) mass is 552 g/mol. The van der Waals surface area contributed by atoms with E-state index in [0.717, 1.165) is 28.2 Å². The molecule has 2 N–H and O–H groups in total. The summed E-state index contributed by atoms with van der Waals surface area (Å²) in [6.45, 7) is 1.07. The molecular formula is C27H28N4O7S. The number of nitrogens with one attached hydrogen (secondary N) is 2. The van der Waals surface area contributed by atoms with Crippen molar-refractivity contribution in [2.45, 2.75) is 24.9 Å². The van der Waals surface area contributed by atoms with E-state index in [1.807, 2.05) is 6.07 Å². The fourth-order valence-electron chi connectivity index (χ4n) is 4.02. The molecule has 0 spiro atoms. The zero-order chi connectivity index (χ0) is 27.8. The number of ether oxygens (including phenoxy) is 3. The van der Waals surface area contributed by atoms with Crippen LogP contribution < -0.4 is 15.4 Å². The van der Waals surface area contributed by atoms with E-state index in [-0.39, 0.29) is 17.2 Å². The van der Waals surface area contributed by atoms with Gasteiger partial charge in [-0.2, -0.15) is 0 Å². The number of esters is 1. The molecule has 0 radical (unpaired) electrons. The number of thiazole rings is 1. The first-order chi connectivity index (χ1) is 18.9. The highest BCUT2D eigenvalue weighted by atomic mass is 32.1. The van der Waals surface area contributed by atoms with E-state index < -0.39 is 35.9 Å². The van der Waals surface area contributed by atoms with E-state index in [0.29, 0.717) is 24.5 Å². The molecular weight excluding hydrogens is 524 g/mol. The van der Waals surface area contributed by atoms with Crippen molar-refractivity contribution in [3.8, 4) is 5.75 Å². The van der Waals surface area contributed by atoms with E-state index in [9.17, 15) is 19.2 Å². The van der Waals surface area contributed by atoms with Crippen molar-refractivity contribution in [3.05, 3.63) is 76.8 Å². The first-order valence-electron chi connectivity index (χ1n) is 12.1. The fourth-order valence-corrected chi connectivity index (χ4v) is 4.70. The van der Waals surface area contributed by atoms with Gasteiger partial charge in [-0.1, -0.05) is 42.5 Å². The average Bonchev–Trinajstić information content (AvgIpc) is 3.54. The summed E-state index contributed by atoms with van der Waals surface area (Å²) in [5, 5.41) is 6.91. The third-order valence-corrected chi connectivity index (χ3v) is 6.72. The lowest BCUT2D eigenvalue weighted by Crippen LogP contribution is -2.49. The Bertz CT molecular complexity index is 1310. The quantitative estimate of drug-likeness (QED) is 0.199. The number of amides is 4. The molecule has 4 amide bonds. The lowest BCUT2D eigenvalue weighted by atomic mass is 10.0. The van der Waals surface area contributed by atoms with Crippen LogP contribution in [0.5, 0.6) is 5.75 Å². The highest BCUT2D eigenvalue weighted by molar-refractivity contribution is 7.14. The number of methoxy groups -OCH3 is 2. The molecule has 0 unspecified atom stereocenters. The van der Waals surface area contributed by atoms with E-state index in [4.69, 9.17) is 9.47 Å². The van der Waals surface area contributed by atoms with Crippen LogP contribution in [0.1, 0.15) is 34.1 Å². The number of nitrogens with zero attached hydrogens (tertiary/aromatic N) is 2. The molecule has 1 aliphatic heterocycles. The van der Waals surface area contributed by atoms with Gasteiger partial charge in [0, 0.05) is 31.9 Å². The molecule has 1 fully saturated rings. The number of carbonyl (C=O) groups excluding carboxylic acids is 4. The molecule has 3 aromatic rings. The largest absolute Gasteiger partial charge is 0.494 e. The molecule has 39 heavy (non-hydrogen) atoms. The number of hydrogen-bond donors (Lipinski definition) is 2. The van der Waals surface area contributed by atoms with Crippen molar-refractivity contribution in [2.24, 2.45) is 0 Å². The normalized spacial score (nSPS) is 15.5. The van der Waals surface area contributed by atoms with Gasteiger partial charge in [0.25, 0.3) is 5.91 Å². The minimum atomic E-state index is -1.17. The van der Waals surface area contributed by atoms with Crippen LogP contribution in [0, 0.1) is 0 Å². The molecule has 2 aromatic carbocycles. The first-order valence-corrected chi connectivity index (χ1v) is 13.0. The minimum Gasteiger partial charge on any atom is -0.494 e. The number of benzene rings is 2. The average molecular weight is 553 g/mol. The van der Waals surface area contributed by atoms with E-state index in [1.54, 1.807) is 55.6 Å². The predicted molar refractivity (Wildman–Crippen MR) is 143 cm³/mol. The van der Waals surface area contributed by atoms with Crippen LogP contribution in [0.4, 0.5) is 9.93 Å². The lowest BCUT2D eigenvalue weighted by Gasteiger charge is -2.24. The van der Waals surface area contributed by atoms with Crippen LogP contribution >= 0.6 is 11.3 Å². The molecule has 1 aromatic heterocycles. The number of aromatic nitrogens is 1. The third kappa shape index (κ3) is 6.78. The van der Waals surface area contributed by atoms with Gasteiger partial charge in [-0.05, 0) is 23.3 Å². The second kappa shape index (κ2) is 13.0. The van der Waals surface area contributed by atoms with Gasteiger partial charge in [-0.25, -0.2) is 19.5 Å². The predicted octanol–water partition coefficient (Wildman–Crippen LogP) is 3.19. The van der Waals surface area contributed by atoms with Gasteiger partial charge in [0.2, 0.25) is 5.91 Å². The summed E-state index contributed by atoms with van der Waals surface area (Å²) < 4.78 is 15.3. The van der Waals surface area contributed by atoms with Crippen molar-refractivity contribution < 1.29 is 33.4 Å². The maximum Gasteiger partial charge on any atom is 0.357 e. The zero-order valence-electron chi connectivity index (χ0n) is 21.4. The summed E-state index contributed by atoms with van der Waals surface area (Å²) >= 11 is 1.03. The van der Waals surface area contributed by atoms with E-state index in [2.05, 4.69) is 20.4 Å². The summed E-state index contributed by atoms with van der Waals surface area (Å²) in [4.78, 5) is 56.7. The van der Waals surface area contributed by atoms with E-state index in [1.165, 1.54) is 12.5 Å². The van der Waals surface area contributed by atoms with Crippen molar-refractivity contribution >= 4 is 40.3 Å². The first kappa shape index (κ1) is 27.7. The standard InChI is InChI=1S/C27H28N4O7S/c1-36-13-6-14-38-19-11-9-18(10-12-19)22-24(33)31(27(35)29-22)21(15-17-7-4-3-5-8-17)23(32)30-26-28-20(16-39-26)25(34)37-2/h3-5,7-12,16,21-22H,6,13-15H2,1-2H3,(H,29,35)(H,28,30,32)/t21-,22+/m0/s1. The molecule has 11 nitrogen and oxygen atoms in total. The Labute approximate surface area is 229 Å². The number of anilines is 1. The summed E-state index contributed by atoms with van der Waals surface area (Å²) in [5.41, 5.74) is 1.35. The Hall–Kier alpha value is -4.29. The summed E-state index contributed by atoms with van der Waals surface area (Å²) in [6, 6.07) is 13.1. The van der Waals surface area contributed by atoms with Gasteiger partial charge in [0.1, 0.15) is 17.8 Å². The highest BCUT2D eigenvalue weighted by Gasteiger charge is 2.45.